The number of nitrogens with two attached hydrogens (primary N) is 1. The van der Waals surface area contributed by atoms with Crippen LogP contribution in [0.25, 0.3) is 0 Å². The molecule has 2 rings (SSSR count). The molecule has 0 aliphatic rings. The Kier molecular flexibility index (Phi) is 4.11. The van der Waals surface area contributed by atoms with Gasteiger partial charge in [-0.25, -0.2) is 0 Å². The van der Waals surface area contributed by atoms with Crippen LogP contribution in [0, 0.1) is 0 Å². The van der Waals surface area contributed by atoms with Gasteiger partial charge in [0.25, 0.3) is 0 Å². The minimum Gasteiger partial charge on any atom is -0.492 e. The van der Waals surface area contributed by atoms with E-state index in [1.165, 1.54) is 0 Å². The van der Waals surface area contributed by atoms with Gasteiger partial charge in [0.2, 0.25) is 11.8 Å². The van der Waals surface area contributed by atoms with Crippen molar-refractivity contribution in [3.05, 3.63) is 40.5 Å². The first-order valence-electron chi connectivity index (χ1n) is 5.18. The molecule has 0 atom stereocenters. The Hall–Kier alpha value is -1.40. The van der Waals surface area contributed by atoms with Crippen LogP contribution in [0.4, 0.5) is 0 Å². The monoisotopic (exact) mass is 297 g/mol. The lowest BCUT2D eigenvalue weighted by molar-refractivity contribution is 0.302. The molecule has 2 aromatic rings. The summed E-state index contributed by atoms with van der Waals surface area (Å²) in [5.41, 5.74) is 5.37. The van der Waals surface area contributed by atoms with Gasteiger partial charge in [0, 0.05) is 0 Å². The van der Waals surface area contributed by atoms with E-state index in [1.807, 2.05) is 24.3 Å². The minimum absolute atomic E-state index is 0.262. The van der Waals surface area contributed by atoms with E-state index in [4.69, 9.17) is 14.9 Å². The van der Waals surface area contributed by atoms with Gasteiger partial charge in [0.05, 0.1) is 24.0 Å². The molecule has 0 radical (unpaired) electrons. The molecule has 0 amide bonds. The molecule has 90 valence electrons. The summed E-state index contributed by atoms with van der Waals surface area (Å²) in [6.45, 7) is 0.743. The average Bonchev–Trinajstić information content (AvgIpc) is 2.80. The molecule has 1 aromatic heterocycles. The Bertz CT molecular complexity index is 487. The van der Waals surface area contributed by atoms with Gasteiger partial charge in [0.1, 0.15) is 5.75 Å². The van der Waals surface area contributed by atoms with Crippen molar-refractivity contribution in [3.63, 3.8) is 0 Å². The number of hydrogen-bond acceptors (Lipinski definition) is 5. The van der Waals surface area contributed by atoms with Crippen LogP contribution in [0.2, 0.25) is 0 Å². The largest absolute Gasteiger partial charge is 0.492 e. The van der Waals surface area contributed by atoms with Gasteiger partial charge in [-0.15, -0.1) is 10.2 Å². The molecule has 0 aliphatic carbocycles. The zero-order chi connectivity index (χ0) is 12.1. The maximum absolute atomic E-state index is 5.58. The zero-order valence-corrected chi connectivity index (χ0v) is 10.7. The Morgan fingerprint density at radius 1 is 1.24 bits per heavy atom. The highest BCUT2D eigenvalue weighted by Crippen LogP contribution is 2.23. The number of rotatable bonds is 5. The third-order valence-electron chi connectivity index (χ3n) is 2.09. The molecule has 0 bridgehead atoms. The van der Waals surface area contributed by atoms with E-state index in [9.17, 15) is 0 Å². The van der Waals surface area contributed by atoms with Gasteiger partial charge in [-0.1, -0.05) is 12.1 Å². The zero-order valence-electron chi connectivity index (χ0n) is 9.10. The van der Waals surface area contributed by atoms with Crippen LogP contribution in [0.15, 0.2) is 33.2 Å². The van der Waals surface area contributed by atoms with E-state index in [1.54, 1.807) is 0 Å². The van der Waals surface area contributed by atoms with Gasteiger partial charge in [-0.3, -0.25) is 0 Å². The average molecular weight is 298 g/mol. The Balaban J connectivity index is 1.85. The fourth-order valence-electron chi connectivity index (χ4n) is 1.28. The third-order valence-corrected chi connectivity index (χ3v) is 2.75. The maximum Gasteiger partial charge on any atom is 0.230 e. The van der Waals surface area contributed by atoms with Crippen molar-refractivity contribution < 1.29 is 9.15 Å². The van der Waals surface area contributed by atoms with Crippen molar-refractivity contribution in [2.45, 2.75) is 13.0 Å². The molecular weight excluding hydrogens is 286 g/mol. The van der Waals surface area contributed by atoms with Crippen molar-refractivity contribution in [1.82, 2.24) is 10.2 Å². The van der Waals surface area contributed by atoms with Crippen molar-refractivity contribution in [1.29, 1.82) is 0 Å². The van der Waals surface area contributed by atoms with Gasteiger partial charge in [-0.2, -0.15) is 0 Å². The highest BCUT2D eigenvalue weighted by atomic mass is 79.9. The van der Waals surface area contributed by atoms with Crippen molar-refractivity contribution in [2.75, 3.05) is 6.61 Å². The van der Waals surface area contributed by atoms with Crippen LogP contribution >= 0.6 is 15.9 Å². The normalized spacial score (nSPS) is 10.5. The van der Waals surface area contributed by atoms with Gasteiger partial charge in [0.15, 0.2) is 0 Å². The summed E-state index contributed by atoms with van der Waals surface area (Å²) in [4.78, 5) is 0. The van der Waals surface area contributed by atoms with Crippen molar-refractivity contribution >= 4 is 15.9 Å². The topological polar surface area (TPSA) is 74.2 Å². The second-order valence-corrected chi connectivity index (χ2v) is 4.18. The summed E-state index contributed by atoms with van der Waals surface area (Å²) < 4.78 is 11.8. The van der Waals surface area contributed by atoms with E-state index < -0.39 is 0 Å². The summed E-state index contributed by atoms with van der Waals surface area (Å²) >= 11 is 3.41. The summed E-state index contributed by atoms with van der Waals surface area (Å²) in [6.07, 6.45) is 0.564. The summed E-state index contributed by atoms with van der Waals surface area (Å²) in [6, 6.07) is 7.67. The number of ether oxygens (including phenoxy) is 1. The number of para-hydroxylation sites is 1. The van der Waals surface area contributed by atoms with Crippen LogP contribution in [-0.4, -0.2) is 16.8 Å². The highest BCUT2D eigenvalue weighted by molar-refractivity contribution is 9.10. The molecule has 0 fully saturated rings. The minimum atomic E-state index is 0.262. The predicted molar refractivity (Wildman–Crippen MR) is 65.5 cm³/mol. The first kappa shape index (κ1) is 12.1. The van der Waals surface area contributed by atoms with E-state index in [0.29, 0.717) is 24.8 Å². The number of hydrogen-bond donors (Lipinski definition) is 1. The number of aromatic nitrogens is 2. The lowest BCUT2D eigenvalue weighted by Gasteiger charge is -2.05. The molecule has 0 aliphatic heterocycles. The maximum atomic E-state index is 5.58. The van der Waals surface area contributed by atoms with Crippen LogP contribution in [0.1, 0.15) is 11.8 Å². The van der Waals surface area contributed by atoms with Crippen LogP contribution in [0.3, 0.4) is 0 Å². The second kappa shape index (κ2) is 5.79. The van der Waals surface area contributed by atoms with Crippen LogP contribution in [0.5, 0.6) is 5.75 Å². The molecule has 5 nitrogen and oxygen atoms in total. The molecular formula is C11H12BrN3O2. The van der Waals surface area contributed by atoms with E-state index >= 15 is 0 Å². The van der Waals surface area contributed by atoms with Gasteiger partial charge in [-0.05, 0) is 28.1 Å². The fourth-order valence-corrected chi connectivity index (χ4v) is 1.68. The van der Waals surface area contributed by atoms with Crippen LogP contribution in [-0.2, 0) is 13.0 Å². The van der Waals surface area contributed by atoms with Crippen molar-refractivity contribution in [2.24, 2.45) is 5.73 Å². The Labute approximate surface area is 107 Å². The van der Waals surface area contributed by atoms with Crippen LogP contribution < -0.4 is 10.5 Å². The van der Waals surface area contributed by atoms with Gasteiger partial charge >= 0.3 is 0 Å². The molecule has 6 heteroatoms. The first-order valence-corrected chi connectivity index (χ1v) is 5.97. The Morgan fingerprint density at radius 2 is 2.00 bits per heavy atom. The lowest BCUT2D eigenvalue weighted by atomic mass is 10.3. The fraction of sp³-hybridized carbons (Fsp3) is 0.273. The molecule has 17 heavy (non-hydrogen) atoms. The summed E-state index contributed by atoms with van der Waals surface area (Å²) in [5.74, 6) is 1.78. The number of nitrogens with zero attached hydrogens (tertiary/aromatic N) is 2. The predicted octanol–water partition coefficient (Wildman–Crippen LogP) is 1.91. The molecule has 0 saturated carbocycles. The highest BCUT2D eigenvalue weighted by Gasteiger charge is 2.05. The second-order valence-electron chi connectivity index (χ2n) is 3.32. The van der Waals surface area contributed by atoms with E-state index in [-0.39, 0.29) is 6.54 Å². The third kappa shape index (κ3) is 3.28. The molecule has 0 unspecified atom stereocenters. The molecule has 1 aromatic carbocycles. The van der Waals surface area contributed by atoms with Gasteiger partial charge < -0.3 is 14.9 Å². The summed E-state index contributed by atoms with van der Waals surface area (Å²) in [5, 5.41) is 7.62. The molecule has 0 spiro atoms. The smallest absolute Gasteiger partial charge is 0.230 e. The molecule has 0 saturated heterocycles. The Morgan fingerprint density at radius 3 is 2.71 bits per heavy atom. The van der Waals surface area contributed by atoms with E-state index in [0.717, 1.165) is 10.2 Å². The standard InChI is InChI=1S/C11H12BrN3O2/c12-8-3-1-2-4-9(8)16-6-5-10-14-15-11(7-13)17-10/h1-4H,5-7,13H2. The lowest BCUT2D eigenvalue weighted by Crippen LogP contribution is -2.02. The number of halogens is 1. The number of benzene rings is 1. The van der Waals surface area contributed by atoms with Crippen molar-refractivity contribution in [3.8, 4) is 5.75 Å². The SMILES string of the molecule is NCc1nnc(CCOc2ccccc2Br)o1. The molecule has 2 N–H and O–H groups in total. The molecule has 1 heterocycles. The summed E-state index contributed by atoms with van der Waals surface area (Å²) in [7, 11) is 0. The first-order chi connectivity index (χ1) is 8.29. The van der Waals surface area contributed by atoms with E-state index in [2.05, 4.69) is 26.1 Å². The quantitative estimate of drug-likeness (QED) is 0.912.